The maximum Gasteiger partial charge on any atom is 0.0107 e. The number of hydrogen-bond acceptors (Lipinski definition) is 2. The summed E-state index contributed by atoms with van der Waals surface area (Å²) in [5, 5.41) is 0.684. The van der Waals surface area contributed by atoms with Gasteiger partial charge in [0.1, 0.15) is 0 Å². The molecule has 1 aromatic carbocycles. The maximum absolute atomic E-state index is 5.63. The van der Waals surface area contributed by atoms with Crippen molar-refractivity contribution >= 4 is 11.8 Å². The van der Waals surface area contributed by atoms with Crippen LogP contribution in [-0.2, 0) is 6.42 Å². The lowest BCUT2D eigenvalue weighted by atomic mass is 10.1. The fraction of sp³-hybridized carbons (Fsp3) is 0.538. The smallest absolute Gasteiger partial charge is 0.0107 e. The third kappa shape index (κ3) is 3.88. The van der Waals surface area contributed by atoms with Gasteiger partial charge in [-0.2, -0.15) is 0 Å². The van der Waals surface area contributed by atoms with Crippen LogP contribution in [0.15, 0.2) is 23.1 Å². The molecule has 2 N–H and O–H groups in total. The Balaban J connectivity index is 2.85. The number of nitrogens with two attached hydrogens (primary N) is 1. The quantitative estimate of drug-likeness (QED) is 0.774. The second kappa shape index (κ2) is 6.19. The van der Waals surface area contributed by atoms with Crippen molar-refractivity contribution in [2.75, 3.05) is 6.54 Å². The summed E-state index contributed by atoms with van der Waals surface area (Å²) in [5.74, 6) is 0. The minimum absolute atomic E-state index is 0.684. The predicted molar refractivity (Wildman–Crippen MR) is 69.5 cm³/mol. The van der Waals surface area contributed by atoms with Crippen LogP contribution in [0.3, 0.4) is 0 Å². The van der Waals surface area contributed by atoms with Crippen molar-refractivity contribution in [3.05, 3.63) is 29.3 Å². The lowest BCUT2D eigenvalue weighted by molar-refractivity contribution is 0.898. The van der Waals surface area contributed by atoms with Crippen molar-refractivity contribution in [1.29, 1.82) is 0 Å². The van der Waals surface area contributed by atoms with E-state index in [1.54, 1.807) is 0 Å². The van der Waals surface area contributed by atoms with E-state index in [1.165, 1.54) is 22.4 Å². The summed E-state index contributed by atoms with van der Waals surface area (Å²) in [6.45, 7) is 7.38. The highest BCUT2D eigenvalue weighted by Gasteiger charge is 2.06. The third-order valence-corrected chi connectivity index (χ3v) is 3.92. The van der Waals surface area contributed by atoms with Gasteiger partial charge in [-0.3, -0.25) is 0 Å². The molecule has 0 saturated carbocycles. The highest BCUT2D eigenvalue weighted by atomic mass is 32.2. The molecule has 15 heavy (non-hydrogen) atoms. The standard InChI is InChI=1S/C13H21NS/c1-4-11(3)15-13-6-5-10(2)9-12(13)7-8-14/h5-6,9,11H,4,7-8,14H2,1-3H3. The molecular weight excluding hydrogens is 202 g/mol. The molecule has 1 rings (SSSR count). The third-order valence-electron chi connectivity index (χ3n) is 2.53. The van der Waals surface area contributed by atoms with Gasteiger partial charge in [-0.1, -0.05) is 31.5 Å². The van der Waals surface area contributed by atoms with Gasteiger partial charge >= 0.3 is 0 Å². The van der Waals surface area contributed by atoms with E-state index in [1.807, 2.05) is 11.8 Å². The molecule has 0 aromatic heterocycles. The van der Waals surface area contributed by atoms with Gasteiger partial charge in [0.2, 0.25) is 0 Å². The van der Waals surface area contributed by atoms with Crippen LogP contribution in [0.25, 0.3) is 0 Å². The first-order chi connectivity index (χ1) is 7.17. The molecule has 1 aromatic rings. The molecule has 0 amide bonds. The maximum atomic E-state index is 5.63. The normalized spacial score (nSPS) is 12.8. The fourth-order valence-corrected chi connectivity index (χ4v) is 2.53. The summed E-state index contributed by atoms with van der Waals surface area (Å²) in [4.78, 5) is 1.40. The van der Waals surface area contributed by atoms with Crippen LogP contribution in [0.2, 0.25) is 0 Å². The molecule has 0 spiro atoms. The van der Waals surface area contributed by atoms with Gasteiger partial charge in [0, 0.05) is 10.1 Å². The molecule has 0 aliphatic rings. The SMILES string of the molecule is CCC(C)Sc1ccc(C)cc1CCN. The zero-order valence-electron chi connectivity index (χ0n) is 9.92. The van der Waals surface area contributed by atoms with Crippen molar-refractivity contribution in [1.82, 2.24) is 0 Å². The molecule has 1 nitrogen and oxygen atoms in total. The van der Waals surface area contributed by atoms with Crippen molar-refractivity contribution in [3.8, 4) is 0 Å². The van der Waals surface area contributed by atoms with Gasteiger partial charge in [0.25, 0.3) is 0 Å². The summed E-state index contributed by atoms with van der Waals surface area (Å²) in [6, 6.07) is 6.68. The monoisotopic (exact) mass is 223 g/mol. The van der Waals surface area contributed by atoms with Crippen molar-refractivity contribution < 1.29 is 0 Å². The molecule has 1 unspecified atom stereocenters. The molecule has 0 aliphatic carbocycles. The highest BCUT2D eigenvalue weighted by Crippen LogP contribution is 2.29. The summed E-state index contributed by atoms with van der Waals surface area (Å²) in [6.07, 6.45) is 2.20. The van der Waals surface area contributed by atoms with Gasteiger partial charge in [-0.05, 0) is 37.9 Å². The Kier molecular flexibility index (Phi) is 5.20. The van der Waals surface area contributed by atoms with E-state index in [0.717, 1.165) is 13.0 Å². The topological polar surface area (TPSA) is 26.0 Å². The Bertz CT molecular complexity index is 309. The number of hydrogen-bond donors (Lipinski definition) is 1. The van der Waals surface area contributed by atoms with Crippen molar-refractivity contribution in [3.63, 3.8) is 0 Å². The van der Waals surface area contributed by atoms with E-state index >= 15 is 0 Å². The van der Waals surface area contributed by atoms with Crippen LogP contribution >= 0.6 is 11.8 Å². The zero-order valence-corrected chi connectivity index (χ0v) is 10.7. The molecule has 1 atom stereocenters. The van der Waals surface area contributed by atoms with Crippen LogP contribution in [0, 0.1) is 6.92 Å². The number of rotatable bonds is 5. The minimum Gasteiger partial charge on any atom is -0.330 e. The first-order valence-electron chi connectivity index (χ1n) is 5.63. The molecular formula is C13H21NS. The largest absolute Gasteiger partial charge is 0.330 e. The van der Waals surface area contributed by atoms with E-state index < -0.39 is 0 Å². The van der Waals surface area contributed by atoms with E-state index in [-0.39, 0.29) is 0 Å². The summed E-state index contributed by atoms with van der Waals surface area (Å²) in [5.41, 5.74) is 8.36. The second-order valence-corrected chi connectivity index (χ2v) is 5.47. The molecule has 2 heteroatoms. The minimum atomic E-state index is 0.684. The van der Waals surface area contributed by atoms with E-state index in [4.69, 9.17) is 5.73 Å². The number of thioether (sulfide) groups is 1. The van der Waals surface area contributed by atoms with Gasteiger partial charge in [-0.25, -0.2) is 0 Å². The highest BCUT2D eigenvalue weighted by molar-refractivity contribution is 8.00. The molecule has 0 aliphatic heterocycles. The average molecular weight is 223 g/mol. The van der Waals surface area contributed by atoms with E-state index in [0.29, 0.717) is 5.25 Å². The second-order valence-electron chi connectivity index (χ2n) is 3.99. The van der Waals surface area contributed by atoms with Gasteiger partial charge in [0.05, 0.1) is 0 Å². The Morgan fingerprint density at radius 1 is 1.40 bits per heavy atom. The van der Waals surface area contributed by atoms with Crippen LogP contribution in [0.5, 0.6) is 0 Å². The average Bonchev–Trinajstić information content (AvgIpc) is 2.22. The Morgan fingerprint density at radius 3 is 2.73 bits per heavy atom. The van der Waals surface area contributed by atoms with Crippen molar-refractivity contribution in [2.45, 2.75) is 43.8 Å². The van der Waals surface area contributed by atoms with Crippen LogP contribution in [0.1, 0.15) is 31.4 Å². The summed E-state index contributed by atoms with van der Waals surface area (Å²) >= 11 is 1.96. The first-order valence-corrected chi connectivity index (χ1v) is 6.51. The number of benzene rings is 1. The van der Waals surface area contributed by atoms with Gasteiger partial charge in [0.15, 0.2) is 0 Å². The van der Waals surface area contributed by atoms with Gasteiger partial charge < -0.3 is 5.73 Å². The molecule has 0 fully saturated rings. The van der Waals surface area contributed by atoms with E-state index in [9.17, 15) is 0 Å². The lowest BCUT2D eigenvalue weighted by Gasteiger charge is -2.13. The Morgan fingerprint density at radius 2 is 2.13 bits per heavy atom. The first kappa shape index (κ1) is 12.6. The molecule has 0 saturated heterocycles. The van der Waals surface area contributed by atoms with Crippen LogP contribution in [-0.4, -0.2) is 11.8 Å². The van der Waals surface area contributed by atoms with Gasteiger partial charge in [-0.15, -0.1) is 11.8 Å². The molecule has 84 valence electrons. The van der Waals surface area contributed by atoms with Crippen molar-refractivity contribution in [2.24, 2.45) is 5.73 Å². The predicted octanol–water partition coefficient (Wildman–Crippen LogP) is 3.39. The zero-order chi connectivity index (χ0) is 11.3. The molecule has 0 bridgehead atoms. The summed E-state index contributed by atoms with van der Waals surface area (Å²) in [7, 11) is 0. The Labute approximate surface area is 97.4 Å². The summed E-state index contributed by atoms with van der Waals surface area (Å²) < 4.78 is 0. The van der Waals surface area contributed by atoms with Crippen LogP contribution < -0.4 is 5.73 Å². The molecule has 0 radical (unpaired) electrons. The molecule has 0 heterocycles. The number of aryl methyl sites for hydroxylation is 1. The fourth-order valence-electron chi connectivity index (χ4n) is 1.47. The Hall–Kier alpha value is -0.470. The van der Waals surface area contributed by atoms with E-state index in [2.05, 4.69) is 39.0 Å². The lowest BCUT2D eigenvalue weighted by Crippen LogP contribution is -2.05. The van der Waals surface area contributed by atoms with Crippen LogP contribution in [0.4, 0.5) is 0 Å².